The van der Waals surface area contributed by atoms with E-state index in [0.717, 1.165) is 32.7 Å². The molecule has 3 heterocycles. The molecule has 1 saturated heterocycles. The lowest BCUT2D eigenvalue weighted by Gasteiger charge is -2.33. The van der Waals surface area contributed by atoms with Gasteiger partial charge in [-0.3, -0.25) is 9.47 Å². The normalized spacial score (nSPS) is 16.4. The molecule has 10 nitrogen and oxygen atoms in total. The van der Waals surface area contributed by atoms with Gasteiger partial charge in [-0.1, -0.05) is 6.92 Å². The molecule has 0 bridgehead atoms. The summed E-state index contributed by atoms with van der Waals surface area (Å²) in [6.07, 6.45) is 1.37. The van der Waals surface area contributed by atoms with Crippen molar-refractivity contribution < 1.29 is 9.34 Å². The molecule has 3 rings (SSSR count). The second kappa shape index (κ2) is 7.42. The average molecular weight is 367 g/mol. The van der Waals surface area contributed by atoms with Crippen LogP contribution in [0.15, 0.2) is 10.6 Å². The number of likely N-dealkylation sites (N-methyl/N-ethyl adjacent to an activating group) is 1. The molecule has 0 spiro atoms. The zero-order valence-electron chi connectivity index (χ0n) is 14.3. The summed E-state index contributed by atoms with van der Waals surface area (Å²) >= 11 is 5.25. The van der Waals surface area contributed by atoms with Crippen LogP contribution >= 0.6 is 12.2 Å². The SMILES string of the molecule is CCN1CCN(Cn2nc(Cn3cc([N+](=O)[O-])nc3C)oc2=S)CC1. The molecule has 0 atom stereocenters. The number of nitro groups is 1. The van der Waals surface area contributed by atoms with Crippen LogP contribution in [0.4, 0.5) is 5.82 Å². The maximum absolute atomic E-state index is 10.8. The third-order valence-corrected chi connectivity index (χ3v) is 4.64. The number of aryl methyl sites for hydroxylation is 1. The van der Waals surface area contributed by atoms with Crippen LogP contribution in [-0.2, 0) is 13.2 Å². The number of hydrogen-bond donors (Lipinski definition) is 0. The standard InChI is InChI=1S/C14H21N7O3S/c1-3-17-4-6-18(7-5-17)10-20-14(25)24-13(16-20)9-19-8-12(21(22)23)15-11(19)2/h8H,3-7,9-10H2,1-2H3. The van der Waals surface area contributed by atoms with Gasteiger partial charge in [0.15, 0.2) is 0 Å². The van der Waals surface area contributed by atoms with Crippen molar-refractivity contribution in [3.05, 3.63) is 32.9 Å². The first-order valence-corrected chi connectivity index (χ1v) is 8.56. The fraction of sp³-hybridized carbons (Fsp3) is 0.643. The van der Waals surface area contributed by atoms with Gasteiger partial charge in [0.1, 0.15) is 12.7 Å². The predicted molar refractivity (Wildman–Crippen MR) is 91.7 cm³/mol. The molecule has 136 valence electrons. The lowest BCUT2D eigenvalue weighted by atomic mass is 10.3. The Labute approximate surface area is 149 Å². The van der Waals surface area contributed by atoms with Crippen LogP contribution < -0.4 is 0 Å². The molecule has 0 saturated carbocycles. The Bertz CT molecular complexity index is 804. The highest BCUT2D eigenvalue weighted by molar-refractivity contribution is 7.71. The Kier molecular flexibility index (Phi) is 5.25. The average Bonchev–Trinajstić information content (AvgIpc) is 3.12. The van der Waals surface area contributed by atoms with E-state index in [0.29, 0.717) is 23.2 Å². The summed E-state index contributed by atoms with van der Waals surface area (Å²) in [4.78, 5) is 19.2. The highest BCUT2D eigenvalue weighted by atomic mass is 32.1. The Morgan fingerprint density at radius 2 is 2.00 bits per heavy atom. The molecule has 0 N–H and O–H groups in total. The highest BCUT2D eigenvalue weighted by Gasteiger charge is 2.19. The molecule has 1 fully saturated rings. The predicted octanol–water partition coefficient (Wildman–Crippen LogP) is 1.26. The summed E-state index contributed by atoms with van der Waals surface area (Å²) < 4.78 is 8.83. The zero-order valence-corrected chi connectivity index (χ0v) is 15.1. The summed E-state index contributed by atoms with van der Waals surface area (Å²) in [5.41, 5.74) is 0. The molecule has 1 aliphatic heterocycles. The molecule has 2 aromatic rings. The van der Waals surface area contributed by atoms with E-state index >= 15 is 0 Å². The van der Waals surface area contributed by atoms with Crippen molar-refractivity contribution in [3.8, 4) is 0 Å². The van der Waals surface area contributed by atoms with Crippen LogP contribution in [0, 0.1) is 21.9 Å². The van der Waals surface area contributed by atoms with Crippen LogP contribution in [0.3, 0.4) is 0 Å². The summed E-state index contributed by atoms with van der Waals surface area (Å²) in [6, 6.07) is 0. The minimum Gasteiger partial charge on any atom is -0.412 e. The van der Waals surface area contributed by atoms with E-state index in [2.05, 4.69) is 26.8 Å². The number of piperazine rings is 1. The topological polar surface area (TPSA) is 98.4 Å². The van der Waals surface area contributed by atoms with Gasteiger partial charge in [-0.25, -0.2) is 4.68 Å². The van der Waals surface area contributed by atoms with Crippen molar-refractivity contribution in [1.29, 1.82) is 0 Å². The van der Waals surface area contributed by atoms with E-state index in [1.807, 2.05) is 0 Å². The Hall–Kier alpha value is -2.11. The monoisotopic (exact) mass is 367 g/mol. The molecule has 0 aromatic carbocycles. The minimum absolute atomic E-state index is 0.190. The van der Waals surface area contributed by atoms with Crippen LogP contribution in [0.2, 0.25) is 0 Å². The smallest absolute Gasteiger partial charge is 0.381 e. The van der Waals surface area contributed by atoms with E-state index in [4.69, 9.17) is 16.6 Å². The zero-order chi connectivity index (χ0) is 18.0. The van der Waals surface area contributed by atoms with Gasteiger partial charge in [0.25, 0.3) is 4.84 Å². The summed E-state index contributed by atoms with van der Waals surface area (Å²) in [6.45, 7) is 9.77. The summed E-state index contributed by atoms with van der Waals surface area (Å²) in [7, 11) is 0. The molecule has 25 heavy (non-hydrogen) atoms. The maximum atomic E-state index is 10.8. The first kappa shape index (κ1) is 17.7. The maximum Gasteiger partial charge on any atom is 0.381 e. The van der Waals surface area contributed by atoms with Crippen molar-refractivity contribution in [1.82, 2.24) is 29.1 Å². The van der Waals surface area contributed by atoms with E-state index in [-0.39, 0.29) is 12.4 Å². The lowest BCUT2D eigenvalue weighted by molar-refractivity contribution is -0.389. The van der Waals surface area contributed by atoms with Crippen molar-refractivity contribution >= 4 is 18.0 Å². The Balaban J connectivity index is 1.66. The molecule has 11 heteroatoms. The first-order chi connectivity index (χ1) is 12.0. The van der Waals surface area contributed by atoms with Crippen molar-refractivity contribution in [2.24, 2.45) is 0 Å². The quantitative estimate of drug-likeness (QED) is 0.427. The number of aromatic nitrogens is 4. The largest absolute Gasteiger partial charge is 0.412 e. The van der Waals surface area contributed by atoms with Crippen LogP contribution in [0.5, 0.6) is 0 Å². The van der Waals surface area contributed by atoms with Gasteiger partial charge in [-0.05, 0) is 28.7 Å². The third kappa shape index (κ3) is 4.11. The molecule has 2 aromatic heterocycles. The van der Waals surface area contributed by atoms with E-state index in [1.54, 1.807) is 16.2 Å². The fourth-order valence-electron chi connectivity index (χ4n) is 2.82. The molecule has 0 aliphatic carbocycles. The fourth-order valence-corrected chi connectivity index (χ4v) is 3.02. The van der Waals surface area contributed by atoms with E-state index < -0.39 is 4.92 Å². The number of rotatable bonds is 6. The number of hydrogen-bond acceptors (Lipinski definition) is 8. The van der Waals surface area contributed by atoms with Crippen LogP contribution in [-0.4, -0.2) is 66.8 Å². The lowest BCUT2D eigenvalue weighted by Crippen LogP contribution is -2.46. The number of imidazole rings is 1. The van der Waals surface area contributed by atoms with E-state index in [9.17, 15) is 10.1 Å². The van der Waals surface area contributed by atoms with Gasteiger partial charge in [-0.15, -0.1) is 5.10 Å². The summed E-state index contributed by atoms with van der Waals surface area (Å²) in [5, 5.41) is 15.2. The van der Waals surface area contributed by atoms with Gasteiger partial charge >= 0.3 is 5.82 Å². The third-order valence-electron chi connectivity index (χ3n) is 4.35. The van der Waals surface area contributed by atoms with Gasteiger partial charge < -0.3 is 19.4 Å². The Morgan fingerprint density at radius 3 is 2.60 bits per heavy atom. The first-order valence-electron chi connectivity index (χ1n) is 8.16. The van der Waals surface area contributed by atoms with Gasteiger partial charge in [0, 0.05) is 33.1 Å². The second-order valence-corrected chi connectivity index (χ2v) is 6.34. The van der Waals surface area contributed by atoms with Gasteiger partial charge in [0.2, 0.25) is 11.7 Å². The minimum atomic E-state index is -0.520. The van der Waals surface area contributed by atoms with Crippen molar-refractivity contribution in [3.63, 3.8) is 0 Å². The molecule has 0 amide bonds. The van der Waals surface area contributed by atoms with Crippen molar-refractivity contribution in [2.75, 3.05) is 32.7 Å². The molecule has 1 aliphatic rings. The second-order valence-electron chi connectivity index (χ2n) is 5.99. The highest BCUT2D eigenvalue weighted by Crippen LogP contribution is 2.13. The van der Waals surface area contributed by atoms with Gasteiger partial charge in [-0.2, -0.15) is 0 Å². The van der Waals surface area contributed by atoms with Crippen LogP contribution in [0.25, 0.3) is 0 Å². The van der Waals surface area contributed by atoms with Gasteiger partial charge in [0.05, 0.1) is 6.67 Å². The number of nitrogens with zero attached hydrogens (tertiary/aromatic N) is 7. The van der Waals surface area contributed by atoms with Crippen LogP contribution in [0.1, 0.15) is 18.6 Å². The molecular weight excluding hydrogens is 346 g/mol. The van der Waals surface area contributed by atoms with E-state index in [1.165, 1.54) is 6.20 Å². The molecule has 0 radical (unpaired) electrons. The summed E-state index contributed by atoms with van der Waals surface area (Å²) in [5.74, 6) is 0.745. The Morgan fingerprint density at radius 1 is 1.32 bits per heavy atom. The molecular formula is C14H21N7O3S. The van der Waals surface area contributed by atoms with Crippen molar-refractivity contribution in [2.45, 2.75) is 27.1 Å². The molecule has 0 unspecified atom stereocenters.